The fourth-order valence-electron chi connectivity index (χ4n) is 0.814. The van der Waals surface area contributed by atoms with Crippen molar-refractivity contribution in [2.24, 2.45) is 0 Å². The van der Waals surface area contributed by atoms with Crippen LogP contribution in [0.3, 0.4) is 0 Å². The van der Waals surface area contributed by atoms with Gasteiger partial charge in [0.15, 0.2) is 0 Å². The van der Waals surface area contributed by atoms with Crippen LogP contribution in [0.1, 0.15) is 13.3 Å². The van der Waals surface area contributed by atoms with Crippen molar-refractivity contribution in [2.75, 3.05) is 36.6 Å². The molecule has 0 heterocycles. The summed E-state index contributed by atoms with van der Waals surface area (Å²) in [6.45, 7) is 4.25. The van der Waals surface area contributed by atoms with Crippen molar-refractivity contribution >= 4 is 22.6 Å². The van der Waals surface area contributed by atoms with Gasteiger partial charge in [0.25, 0.3) is 0 Å². The summed E-state index contributed by atoms with van der Waals surface area (Å²) in [4.78, 5) is 0. The van der Waals surface area contributed by atoms with Gasteiger partial charge in [0.1, 0.15) is 0 Å². The van der Waals surface area contributed by atoms with Crippen molar-refractivity contribution in [2.45, 2.75) is 13.3 Å². The predicted molar refractivity (Wildman–Crippen MR) is 59.4 cm³/mol. The number of hydrogen-bond acceptors (Lipinski definition) is 3. The molecule has 0 aromatic heterocycles. The highest BCUT2D eigenvalue weighted by molar-refractivity contribution is 7.99. The maximum absolute atomic E-state index is 10.7. The van der Waals surface area contributed by atoms with Gasteiger partial charge in [-0.1, -0.05) is 6.92 Å². The van der Waals surface area contributed by atoms with E-state index in [2.05, 4.69) is 12.2 Å². The Morgan fingerprint density at radius 1 is 1.42 bits per heavy atom. The molecule has 0 saturated heterocycles. The van der Waals surface area contributed by atoms with Crippen molar-refractivity contribution in [3.63, 3.8) is 0 Å². The van der Waals surface area contributed by atoms with Crippen molar-refractivity contribution in [3.05, 3.63) is 0 Å². The van der Waals surface area contributed by atoms with Crippen LogP contribution in [0.2, 0.25) is 0 Å². The van der Waals surface area contributed by atoms with Crippen LogP contribution in [-0.4, -0.2) is 40.8 Å². The minimum atomic E-state index is -0.620. The van der Waals surface area contributed by atoms with Gasteiger partial charge >= 0.3 is 0 Å². The molecule has 12 heavy (non-hydrogen) atoms. The highest BCUT2D eigenvalue weighted by Crippen LogP contribution is 1.94. The normalized spacial score (nSPS) is 13.2. The predicted octanol–water partition coefficient (Wildman–Crippen LogP) is 1.10. The molecule has 0 spiro atoms. The van der Waals surface area contributed by atoms with Crippen LogP contribution in [0.25, 0.3) is 0 Å². The van der Waals surface area contributed by atoms with E-state index in [1.807, 2.05) is 11.8 Å². The van der Waals surface area contributed by atoms with Crippen LogP contribution in [0.5, 0.6) is 0 Å². The van der Waals surface area contributed by atoms with Gasteiger partial charge in [-0.2, -0.15) is 11.8 Å². The van der Waals surface area contributed by atoms with E-state index >= 15 is 0 Å². The van der Waals surface area contributed by atoms with Gasteiger partial charge in [-0.05, 0) is 18.7 Å². The van der Waals surface area contributed by atoms with Crippen LogP contribution >= 0.6 is 11.8 Å². The minimum Gasteiger partial charge on any atom is -0.316 e. The molecular formula is C8H19NOS2. The van der Waals surface area contributed by atoms with Crippen LogP contribution in [0.4, 0.5) is 0 Å². The second-order valence-corrected chi connectivity index (χ2v) is 5.53. The van der Waals surface area contributed by atoms with Crippen molar-refractivity contribution in [3.8, 4) is 0 Å². The highest BCUT2D eigenvalue weighted by atomic mass is 32.2. The van der Waals surface area contributed by atoms with Crippen LogP contribution < -0.4 is 5.32 Å². The number of thioether (sulfide) groups is 1. The third kappa shape index (κ3) is 10.5. The lowest BCUT2D eigenvalue weighted by atomic mass is 10.5. The van der Waals surface area contributed by atoms with Crippen molar-refractivity contribution in [1.82, 2.24) is 5.32 Å². The Morgan fingerprint density at radius 2 is 2.17 bits per heavy atom. The second-order valence-electron chi connectivity index (χ2n) is 2.58. The molecule has 0 aromatic carbocycles. The molecule has 0 aliphatic rings. The maximum atomic E-state index is 10.7. The zero-order chi connectivity index (χ0) is 9.23. The molecule has 4 heteroatoms. The van der Waals surface area contributed by atoms with E-state index in [0.29, 0.717) is 0 Å². The number of rotatable bonds is 8. The topological polar surface area (TPSA) is 29.1 Å². The van der Waals surface area contributed by atoms with Crippen molar-refractivity contribution in [1.29, 1.82) is 0 Å². The molecule has 2 nitrogen and oxygen atoms in total. The summed E-state index contributed by atoms with van der Waals surface area (Å²) in [7, 11) is -0.620. The lowest BCUT2D eigenvalue weighted by Gasteiger charge is -2.02. The summed E-state index contributed by atoms with van der Waals surface area (Å²) in [6.07, 6.45) is 2.78. The molecule has 74 valence electrons. The number of hydrogen-bond donors (Lipinski definition) is 1. The molecule has 1 N–H and O–H groups in total. The summed E-state index contributed by atoms with van der Waals surface area (Å²) < 4.78 is 10.7. The monoisotopic (exact) mass is 209 g/mol. The van der Waals surface area contributed by atoms with E-state index in [1.54, 1.807) is 6.26 Å². The van der Waals surface area contributed by atoms with E-state index in [4.69, 9.17) is 0 Å². The molecule has 0 fully saturated rings. The fourth-order valence-corrected chi connectivity index (χ4v) is 1.94. The van der Waals surface area contributed by atoms with Gasteiger partial charge in [-0.25, -0.2) is 0 Å². The second kappa shape index (κ2) is 9.55. The maximum Gasteiger partial charge on any atom is 0.0244 e. The Bertz CT molecular complexity index is 120. The first-order chi connectivity index (χ1) is 5.77. The van der Waals surface area contributed by atoms with E-state index in [1.165, 1.54) is 11.5 Å². The zero-order valence-electron chi connectivity index (χ0n) is 7.97. The Morgan fingerprint density at radius 3 is 2.75 bits per heavy atom. The van der Waals surface area contributed by atoms with Crippen LogP contribution in [-0.2, 0) is 10.8 Å². The molecule has 0 amide bonds. The van der Waals surface area contributed by atoms with Gasteiger partial charge in [-0.15, -0.1) is 0 Å². The zero-order valence-corrected chi connectivity index (χ0v) is 9.60. The molecule has 1 atom stereocenters. The Kier molecular flexibility index (Phi) is 9.91. The Balaban J connectivity index is 2.86. The Hall–Kier alpha value is 0.460. The van der Waals surface area contributed by atoms with Gasteiger partial charge in [-0.3, -0.25) is 4.21 Å². The smallest absolute Gasteiger partial charge is 0.0244 e. The van der Waals surface area contributed by atoms with Crippen molar-refractivity contribution < 1.29 is 4.21 Å². The SMILES string of the molecule is CCSCCNCCCS(C)=O. The summed E-state index contributed by atoms with van der Waals surface area (Å²) in [5, 5.41) is 3.32. The molecule has 0 aliphatic heterocycles. The van der Waals surface area contributed by atoms with E-state index in [9.17, 15) is 4.21 Å². The molecule has 0 saturated carbocycles. The van der Waals surface area contributed by atoms with Gasteiger partial charge < -0.3 is 5.32 Å². The van der Waals surface area contributed by atoms with E-state index in [-0.39, 0.29) is 0 Å². The summed E-state index contributed by atoms with van der Waals surface area (Å²) in [5.41, 5.74) is 0. The van der Waals surface area contributed by atoms with E-state index < -0.39 is 10.8 Å². The molecule has 0 bridgehead atoms. The first-order valence-electron chi connectivity index (χ1n) is 4.36. The summed E-state index contributed by atoms with van der Waals surface area (Å²) in [6, 6.07) is 0. The molecule has 1 unspecified atom stereocenters. The third-order valence-corrected chi connectivity index (χ3v) is 3.18. The largest absolute Gasteiger partial charge is 0.316 e. The molecule has 0 aliphatic carbocycles. The Labute approximate surface area is 82.3 Å². The molecule has 0 radical (unpaired) electrons. The lowest BCUT2D eigenvalue weighted by Crippen LogP contribution is -2.19. The van der Waals surface area contributed by atoms with Gasteiger partial charge in [0.2, 0.25) is 0 Å². The first kappa shape index (κ1) is 12.5. The number of nitrogens with one attached hydrogen (secondary N) is 1. The quantitative estimate of drug-likeness (QED) is 0.607. The third-order valence-electron chi connectivity index (χ3n) is 1.41. The first-order valence-corrected chi connectivity index (χ1v) is 7.24. The standard InChI is InChI=1S/C8H19NOS2/c1-3-11-7-6-9-5-4-8-12(2)10/h9H,3-8H2,1-2H3. The van der Waals surface area contributed by atoms with Crippen LogP contribution in [0.15, 0.2) is 0 Å². The molecule has 0 aromatic rings. The van der Waals surface area contributed by atoms with Gasteiger partial charge in [0.05, 0.1) is 0 Å². The summed E-state index contributed by atoms with van der Waals surface area (Å²) in [5.74, 6) is 3.21. The van der Waals surface area contributed by atoms with Crippen LogP contribution in [0, 0.1) is 0 Å². The molecular weight excluding hydrogens is 190 g/mol. The average Bonchev–Trinajstić information content (AvgIpc) is 2.02. The highest BCUT2D eigenvalue weighted by Gasteiger charge is 1.91. The lowest BCUT2D eigenvalue weighted by molar-refractivity contribution is 0.674. The van der Waals surface area contributed by atoms with Gasteiger partial charge in [0, 0.05) is 35.1 Å². The van der Waals surface area contributed by atoms with E-state index in [0.717, 1.165) is 25.3 Å². The fraction of sp³-hybridized carbons (Fsp3) is 1.00. The minimum absolute atomic E-state index is 0.620. The summed E-state index contributed by atoms with van der Waals surface area (Å²) >= 11 is 1.95. The average molecular weight is 209 g/mol. The molecule has 0 rings (SSSR count).